The molecule has 0 spiro atoms. The van der Waals surface area contributed by atoms with Crippen molar-refractivity contribution < 1.29 is 14.3 Å². The number of nitrogens with zero attached hydrogens (tertiary/aromatic N) is 4. The van der Waals surface area contributed by atoms with Crippen LogP contribution < -0.4 is 14.8 Å². The van der Waals surface area contributed by atoms with Crippen molar-refractivity contribution in [2.24, 2.45) is 0 Å². The highest BCUT2D eigenvalue weighted by Crippen LogP contribution is 2.42. The first-order valence-corrected chi connectivity index (χ1v) is 9.35. The Morgan fingerprint density at radius 2 is 1.72 bits per heavy atom. The number of hydrogen-bond donors (Lipinski definition) is 1. The molecule has 4 rings (SSSR count). The maximum atomic E-state index is 12.6. The van der Waals surface area contributed by atoms with Gasteiger partial charge in [0.1, 0.15) is 5.82 Å². The average Bonchev–Trinajstić information content (AvgIpc) is 3.02. The van der Waals surface area contributed by atoms with Crippen LogP contribution in [-0.2, 0) is 4.79 Å². The number of aromatic nitrogens is 4. The van der Waals surface area contributed by atoms with E-state index in [1.807, 2.05) is 45.0 Å². The summed E-state index contributed by atoms with van der Waals surface area (Å²) < 4.78 is 12.4. The summed E-state index contributed by atoms with van der Waals surface area (Å²) in [6.07, 6.45) is 0.322. The molecule has 8 nitrogen and oxygen atoms in total. The highest BCUT2D eigenvalue weighted by Gasteiger charge is 2.33. The summed E-state index contributed by atoms with van der Waals surface area (Å²) in [5, 5.41) is 7.62. The lowest BCUT2D eigenvalue weighted by Gasteiger charge is -2.24. The number of fused-ring (bicyclic) bond motifs is 1. The largest absolute Gasteiger partial charge is 0.493 e. The van der Waals surface area contributed by atoms with Crippen molar-refractivity contribution in [3.05, 3.63) is 52.5 Å². The van der Waals surface area contributed by atoms with Crippen LogP contribution in [0.4, 0.5) is 5.82 Å². The number of rotatable bonds is 4. The molecule has 0 aliphatic carbocycles. The highest BCUT2D eigenvalue weighted by atomic mass is 16.5. The molecule has 29 heavy (non-hydrogen) atoms. The summed E-state index contributed by atoms with van der Waals surface area (Å²) in [5.41, 5.74) is 4.42. The van der Waals surface area contributed by atoms with Gasteiger partial charge in [0.25, 0.3) is 5.95 Å². The van der Waals surface area contributed by atoms with Crippen molar-refractivity contribution in [3.63, 3.8) is 0 Å². The molecule has 1 N–H and O–H groups in total. The van der Waals surface area contributed by atoms with E-state index < -0.39 is 0 Å². The van der Waals surface area contributed by atoms with E-state index >= 15 is 0 Å². The van der Waals surface area contributed by atoms with Gasteiger partial charge in [-0.2, -0.15) is 9.78 Å². The molecule has 3 heterocycles. The molecule has 8 heteroatoms. The SMILES string of the molecule is COc1ccc([C@H]2CC(=O)Nc3c2c(C)nn3-c2nc(C)cc(C)n2)cc1OC. The monoisotopic (exact) mass is 393 g/mol. The number of amides is 1. The van der Waals surface area contributed by atoms with E-state index in [2.05, 4.69) is 20.4 Å². The number of anilines is 1. The Morgan fingerprint density at radius 3 is 2.38 bits per heavy atom. The van der Waals surface area contributed by atoms with Crippen molar-refractivity contribution in [3.8, 4) is 17.4 Å². The number of methoxy groups -OCH3 is 2. The number of aryl methyl sites for hydroxylation is 3. The van der Waals surface area contributed by atoms with Gasteiger partial charge in [0.2, 0.25) is 5.91 Å². The molecular weight excluding hydrogens is 370 g/mol. The summed E-state index contributed by atoms with van der Waals surface area (Å²) in [7, 11) is 3.20. The van der Waals surface area contributed by atoms with Crippen LogP contribution in [0.1, 0.15) is 40.5 Å². The minimum Gasteiger partial charge on any atom is -0.493 e. The molecular formula is C21H23N5O3. The van der Waals surface area contributed by atoms with Gasteiger partial charge in [0.15, 0.2) is 11.5 Å². The van der Waals surface area contributed by atoms with E-state index in [9.17, 15) is 4.79 Å². The summed E-state index contributed by atoms with van der Waals surface area (Å²) in [6, 6.07) is 7.62. The van der Waals surface area contributed by atoms with Gasteiger partial charge in [-0.25, -0.2) is 9.97 Å². The molecule has 0 fully saturated rings. The fraction of sp³-hybridized carbons (Fsp3) is 0.333. The standard InChI is InChI=1S/C21H23N5O3/c1-11-8-12(2)23-21(22-11)26-20-19(13(3)25-26)15(10-18(27)24-20)14-6-7-16(28-4)17(9-14)29-5/h6-9,15H,10H2,1-5H3,(H,24,27)/t15-/m1/s1. The van der Waals surface area contributed by atoms with Crippen LogP contribution in [-0.4, -0.2) is 39.9 Å². The predicted molar refractivity (Wildman–Crippen MR) is 108 cm³/mol. The van der Waals surface area contributed by atoms with E-state index in [0.29, 0.717) is 29.7 Å². The molecule has 150 valence electrons. The molecule has 1 aliphatic rings. The molecule has 1 atom stereocenters. The van der Waals surface area contributed by atoms with Gasteiger partial charge in [0.05, 0.1) is 19.9 Å². The van der Waals surface area contributed by atoms with Gasteiger partial charge >= 0.3 is 0 Å². The van der Waals surface area contributed by atoms with Crippen LogP contribution >= 0.6 is 0 Å². The van der Waals surface area contributed by atoms with Gasteiger partial charge in [-0.05, 0) is 44.5 Å². The number of ether oxygens (including phenoxy) is 2. The molecule has 0 bridgehead atoms. The molecule has 3 aromatic rings. The fourth-order valence-electron chi connectivity index (χ4n) is 3.85. The minimum absolute atomic E-state index is 0.0807. The molecule has 1 amide bonds. The number of benzene rings is 1. The van der Waals surface area contributed by atoms with E-state index in [4.69, 9.17) is 9.47 Å². The zero-order valence-corrected chi connectivity index (χ0v) is 17.1. The first kappa shape index (κ1) is 18.9. The second-order valence-electron chi connectivity index (χ2n) is 7.13. The van der Waals surface area contributed by atoms with Crippen molar-refractivity contribution >= 4 is 11.7 Å². The van der Waals surface area contributed by atoms with E-state index in [0.717, 1.165) is 28.2 Å². The second kappa shape index (κ2) is 7.20. The van der Waals surface area contributed by atoms with Gasteiger partial charge < -0.3 is 14.8 Å². The Labute approximate surface area is 168 Å². The fourth-order valence-corrected chi connectivity index (χ4v) is 3.85. The normalized spacial score (nSPS) is 15.6. The smallest absolute Gasteiger partial charge is 0.252 e. The Bertz CT molecular complexity index is 1090. The summed E-state index contributed by atoms with van der Waals surface area (Å²) >= 11 is 0. The van der Waals surface area contributed by atoms with Gasteiger partial charge in [-0.1, -0.05) is 6.07 Å². The lowest BCUT2D eigenvalue weighted by atomic mass is 9.85. The Kier molecular flexibility index (Phi) is 4.70. The first-order chi connectivity index (χ1) is 13.9. The van der Waals surface area contributed by atoms with Crippen LogP contribution in [0.3, 0.4) is 0 Å². The lowest BCUT2D eigenvalue weighted by molar-refractivity contribution is -0.116. The van der Waals surface area contributed by atoms with Crippen molar-refractivity contribution in [2.45, 2.75) is 33.1 Å². The number of nitrogens with one attached hydrogen (secondary N) is 1. The van der Waals surface area contributed by atoms with E-state index in [1.165, 1.54) is 0 Å². The van der Waals surface area contributed by atoms with Gasteiger partial charge in [0, 0.05) is 29.3 Å². The average molecular weight is 393 g/mol. The van der Waals surface area contributed by atoms with Crippen LogP contribution in [0.25, 0.3) is 5.95 Å². The van der Waals surface area contributed by atoms with Crippen molar-refractivity contribution in [1.29, 1.82) is 0 Å². The Hall–Kier alpha value is -3.42. The molecule has 0 radical (unpaired) electrons. The van der Waals surface area contributed by atoms with Crippen LogP contribution in [0.2, 0.25) is 0 Å². The summed E-state index contributed by atoms with van der Waals surface area (Å²) in [5.74, 6) is 2.10. The lowest BCUT2D eigenvalue weighted by Crippen LogP contribution is -2.25. The third-order valence-corrected chi connectivity index (χ3v) is 5.07. The van der Waals surface area contributed by atoms with E-state index in [1.54, 1.807) is 18.9 Å². The maximum absolute atomic E-state index is 12.6. The topological polar surface area (TPSA) is 91.2 Å². The molecule has 0 saturated heterocycles. The predicted octanol–water partition coefficient (Wildman–Crippen LogP) is 3.08. The van der Waals surface area contributed by atoms with Gasteiger partial charge in [-0.15, -0.1) is 0 Å². The molecule has 0 unspecified atom stereocenters. The second-order valence-corrected chi connectivity index (χ2v) is 7.13. The van der Waals surface area contributed by atoms with Crippen molar-refractivity contribution in [1.82, 2.24) is 19.7 Å². The Morgan fingerprint density at radius 1 is 1.03 bits per heavy atom. The number of carbonyl (C=O) groups is 1. The number of hydrogen-bond acceptors (Lipinski definition) is 6. The van der Waals surface area contributed by atoms with Crippen LogP contribution in [0.5, 0.6) is 11.5 Å². The minimum atomic E-state index is -0.154. The first-order valence-electron chi connectivity index (χ1n) is 9.35. The third kappa shape index (κ3) is 3.30. The van der Waals surface area contributed by atoms with Crippen LogP contribution in [0, 0.1) is 20.8 Å². The summed E-state index contributed by atoms with van der Waals surface area (Å²) in [6.45, 7) is 5.75. The Balaban J connectivity index is 1.86. The summed E-state index contributed by atoms with van der Waals surface area (Å²) in [4.78, 5) is 21.6. The molecule has 2 aromatic heterocycles. The van der Waals surface area contributed by atoms with Crippen LogP contribution in [0.15, 0.2) is 24.3 Å². The highest BCUT2D eigenvalue weighted by molar-refractivity contribution is 5.95. The molecule has 0 saturated carbocycles. The third-order valence-electron chi connectivity index (χ3n) is 5.07. The van der Waals surface area contributed by atoms with Gasteiger partial charge in [-0.3, -0.25) is 4.79 Å². The number of carbonyl (C=O) groups excluding carboxylic acids is 1. The maximum Gasteiger partial charge on any atom is 0.252 e. The zero-order chi connectivity index (χ0) is 20.7. The molecule has 1 aromatic carbocycles. The quantitative estimate of drug-likeness (QED) is 0.732. The van der Waals surface area contributed by atoms with E-state index in [-0.39, 0.29) is 11.8 Å². The zero-order valence-electron chi connectivity index (χ0n) is 17.1. The molecule has 1 aliphatic heterocycles. The van der Waals surface area contributed by atoms with Crippen molar-refractivity contribution in [2.75, 3.05) is 19.5 Å².